The number of nitrogens with zero attached hydrogens (tertiary/aromatic N) is 5. The molecule has 1 unspecified atom stereocenters. The minimum Gasteiger partial charge on any atom is -0.331 e. The van der Waals surface area contributed by atoms with Crippen molar-refractivity contribution in [3.05, 3.63) is 81.5 Å². The smallest absolute Gasteiger partial charge is 0.241 e. The summed E-state index contributed by atoms with van der Waals surface area (Å²) < 4.78 is 31.1. The van der Waals surface area contributed by atoms with E-state index < -0.39 is 18.3 Å². The van der Waals surface area contributed by atoms with Crippen LogP contribution in [0.2, 0.25) is 5.02 Å². The van der Waals surface area contributed by atoms with E-state index >= 15 is 0 Å². The van der Waals surface area contributed by atoms with Gasteiger partial charge < -0.3 is 14.8 Å². The lowest BCUT2D eigenvalue weighted by molar-refractivity contribution is -0.116. The van der Waals surface area contributed by atoms with Gasteiger partial charge in [-0.25, -0.2) is 18.7 Å². The summed E-state index contributed by atoms with van der Waals surface area (Å²) in [5.41, 5.74) is 5.79. The fourth-order valence-electron chi connectivity index (χ4n) is 6.74. The molecule has 5 heterocycles. The Labute approximate surface area is 262 Å². The molecule has 1 amide bonds. The highest BCUT2D eigenvalue weighted by atomic mass is 35.5. The molecule has 5 aromatic rings. The topological polar surface area (TPSA) is 91.7 Å². The Hall–Kier alpha value is -3.67. The van der Waals surface area contributed by atoms with Crippen LogP contribution in [0.15, 0.2) is 48.2 Å². The van der Waals surface area contributed by atoms with Crippen molar-refractivity contribution >= 4 is 44.9 Å². The summed E-state index contributed by atoms with van der Waals surface area (Å²) in [6, 6.07) is 9.95. The molecule has 7 rings (SSSR count). The van der Waals surface area contributed by atoms with Crippen LogP contribution in [0.3, 0.4) is 0 Å². The van der Waals surface area contributed by atoms with Crippen molar-refractivity contribution < 1.29 is 13.6 Å². The lowest BCUT2D eigenvalue weighted by Gasteiger charge is -2.34. The third-order valence-corrected chi connectivity index (χ3v) is 10.1. The lowest BCUT2D eigenvalue weighted by atomic mass is 9.87. The molecule has 0 radical (unpaired) electrons. The first-order chi connectivity index (χ1) is 21.3. The molecule has 0 saturated carbocycles. The van der Waals surface area contributed by atoms with Crippen LogP contribution in [0.25, 0.3) is 22.0 Å². The summed E-state index contributed by atoms with van der Waals surface area (Å²) >= 11 is 8.33. The maximum atomic E-state index is 15.0. The Bertz CT molecular complexity index is 1820. The molecule has 1 fully saturated rings. The number of hydrogen-bond acceptors (Lipinski definition) is 6. The maximum Gasteiger partial charge on any atom is 0.241 e. The number of aromatic amines is 1. The van der Waals surface area contributed by atoms with Crippen molar-refractivity contribution in [3.63, 3.8) is 0 Å². The SMILES string of the molecule is CCN1CC[C@@H](c2ccc(-c3cc(C)c4c(C(C(=O)Nc5nccs5)c5ncn6c5C[C@@H](F)C6)[nH]nc4c3Cl)cc2)[C@H](F)C1. The first kappa shape index (κ1) is 29.1. The van der Waals surface area contributed by atoms with Gasteiger partial charge in [0.2, 0.25) is 5.91 Å². The zero-order valence-corrected chi connectivity index (χ0v) is 25.9. The zero-order chi connectivity index (χ0) is 30.5. The highest BCUT2D eigenvalue weighted by Gasteiger charge is 2.36. The van der Waals surface area contributed by atoms with Crippen LogP contribution in [-0.4, -0.2) is 67.5 Å². The molecule has 4 atom stereocenters. The van der Waals surface area contributed by atoms with Gasteiger partial charge in [-0.05, 0) is 49.2 Å². The zero-order valence-electron chi connectivity index (χ0n) is 24.4. The molecule has 2 aliphatic heterocycles. The fraction of sp³-hybridized carbons (Fsp3) is 0.375. The molecule has 12 heteroatoms. The largest absolute Gasteiger partial charge is 0.331 e. The van der Waals surface area contributed by atoms with Gasteiger partial charge >= 0.3 is 0 Å². The van der Waals surface area contributed by atoms with Crippen molar-refractivity contribution in [1.82, 2.24) is 29.6 Å². The van der Waals surface area contributed by atoms with Crippen LogP contribution in [0, 0.1) is 6.92 Å². The van der Waals surface area contributed by atoms with Crippen LogP contribution in [0.1, 0.15) is 53.4 Å². The number of piperidine rings is 1. The van der Waals surface area contributed by atoms with Crippen molar-refractivity contribution in [2.24, 2.45) is 0 Å². The Morgan fingerprint density at radius 1 is 1.23 bits per heavy atom. The van der Waals surface area contributed by atoms with E-state index in [2.05, 4.69) is 37.3 Å². The van der Waals surface area contributed by atoms with Crippen LogP contribution in [0.5, 0.6) is 0 Å². The summed E-state index contributed by atoms with van der Waals surface area (Å²) in [5.74, 6) is -1.36. The third kappa shape index (κ3) is 5.10. The number of rotatable bonds is 7. The molecular formula is C32H32ClF2N7OS. The molecule has 8 nitrogen and oxygen atoms in total. The number of H-pyrrole nitrogens is 1. The number of aryl methyl sites for hydroxylation is 1. The monoisotopic (exact) mass is 635 g/mol. The fourth-order valence-corrected chi connectivity index (χ4v) is 7.57. The quantitative estimate of drug-likeness (QED) is 0.209. The van der Waals surface area contributed by atoms with Crippen molar-refractivity contribution in [1.29, 1.82) is 0 Å². The molecule has 44 heavy (non-hydrogen) atoms. The highest BCUT2D eigenvalue weighted by Crippen LogP contribution is 2.41. The van der Waals surface area contributed by atoms with Gasteiger partial charge in [-0.3, -0.25) is 9.89 Å². The molecular weight excluding hydrogens is 604 g/mol. The van der Waals surface area contributed by atoms with Crippen molar-refractivity contribution in [2.75, 3.05) is 25.0 Å². The third-order valence-electron chi connectivity index (χ3n) is 8.99. The Morgan fingerprint density at radius 3 is 2.77 bits per heavy atom. The number of thiazole rings is 1. The van der Waals surface area contributed by atoms with Gasteiger partial charge in [0.15, 0.2) is 5.13 Å². The molecule has 1 saturated heterocycles. The molecule has 2 N–H and O–H groups in total. The van der Waals surface area contributed by atoms with E-state index in [1.807, 2.05) is 37.3 Å². The second kappa shape index (κ2) is 11.7. The van der Waals surface area contributed by atoms with Gasteiger partial charge in [0.1, 0.15) is 23.8 Å². The second-order valence-electron chi connectivity index (χ2n) is 11.6. The second-order valence-corrected chi connectivity index (χ2v) is 12.9. The maximum absolute atomic E-state index is 15.0. The van der Waals surface area contributed by atoms with E-state index in [9.17, 15) is 13.6 Å². The molecule has 0 bridgehead atoms. The number of anilines is 1. The van der Waals surface area contributed by atoms with E-state index in [1.165, 1.54) is 11.3 Å². The van der Waals surface area contributed by atoms with E-state index in [4.69, 9.17) is 11.6 Å². The van der Waals surface area contributed by atoms with E-state index in [0.29, 0.717) is 44.7 Å². The van der Waals surface area contributed by atoms with Gasteiger partial charge in [0.25, 0.3) is 0 Å². The number of fused-ring (bicyclic) bond motifs is 2. The number of imidazole rings is 1. The number of likely N-dealkylation sites (tertiary alicyclic amines) is 1. The molecule has 0 spiro atoms. The van der Waals surface area contributed by atoms with Gasteiger partial charge in [0.05, 0.1) is 29.3 Å². The average Bonchev–Trinajstić information content (AvgIpc) is 3.82. The van der Waals surface area contributed by atoms with E-state index in [-0.39, 0.29) is 24.8 Å². The Kier molecular flexibility index (Phi) is 7.72. The minimum absolute atomic E-state index is 0.120. The molecule has 228 valence electrons. The van der Waals surface area contributed by atoms with Gasteiger partial charge in [-0.15, -0.1) is 11.3 Å². The highest BCUT2D eigenvalue weighted by molar-refractivity contribution is 7.13. The predicted octanol–water partition coefficient (Wildman–Crippen LogP) is 6.66. The number of alkyl halides is 2. The summed E-state index contributed by atoms with van der Waals surface area (Å²) in [6.07, 6.45) is 2.26. The first-order valence-electron chi connectivity index (χ1n) is 14.8. The summed E-state index contributed by atoms with van der Waals surface area (Å²) in [7, 11) is 0. The predicted molar refractivity (Wildman–Crippen MR) is 169 cm³/mol. The van der Waals surface area contributed by atoms with Crippen molar-refractivity contribution in [3.8, 4) is 11.1 Å². The molecule has 2 aliphatic rings. The lowest BCUT2D eigenvalue weighted by Crippen LogP contribution is -2.40. The average molecular weight is 636 g/mol. The number of carbonyl (C=O) groups excluding carboxylic acids is 1. The van der Waals surface area contributed by atoms with E-state index in [1.54, 1.807) is 22.5 Å². The summed E-state index contributed by atoms with van der Waals surface area (Å²) in [5, 5.41) is 14.0. The van der Waals surface area contributed by atoms with Crippen LogP contribution in [-0.2, 0) is 17.8 Å². The van der Waals surface area contributed by atoms with Gasteiger partial charge in [0, 0.05) is 47.1 Å². The number of carbonyl (C=O) groups is 1. The molecule has 2 aromatic carbocycles. The van der Waals surface area contributed by atoms with Gasteiger partial charge in [-0.1, -0.05) is 42.8 Å². The first-order valence-corrected chi connectivity index (χ1v) is 16.1. The van der Waals surface area contributed by atoms with Crippen LogP contribution >= 0.6 is 22.9 Å². The summed E-state index contributed by atoms with van der Waals surface area (Å²) in [4.78, 5) is 24.8. The Balaban J connectivity index is 1.25. The normalized spacial score (nSPS) is 21.1. The number of hydrogen-bond donors (Lipinski definition) is 2. The van der Waals surface area contributed by atoms with Crippen molar-refractivity contribution in [2.45, 2.75) is 57.4 Å². The van der Waals surface area contributed by atoms with E-state index in [0.717, 1.165) is 41.8 Å². The van der Waals surface area contributed by atoms with Gasteiger partial charge in [-0.2, -0.15) is 5.10 Å². The number of nitrogens with one attached hydrogen (secondary N) is 2. The Morgan fingerprint density at radius 2 is 2.05 bits per heavy atom. The van der Waals surface area contributed by atoms with Crippen LogP contribution in [0.4, 0.5) is 13.9 Å². The molecule has 0 aliphatic carbocycles. The molecule has 3 aromatic heterocycles. The number of amides is 1. The van der Waals surface area contributed by atoms with Crippen LogP contribution < -0.4 is 5.32 Å². The number of halogens is 3. The minimum atomic E-state index is -1.03. The summed E-state index contributed by atoms with van der Waals surface area (Å²) in [6.45, 7) is 6.45. The number of benzene rings is 2. The number of aromatic nitrogens is 5. The standard InChI is InChI=1S/C32H32ClF2N7OS/c1-3-41-10-8-21(23(35)15-41)18-4-6-19(7-5-18)22-12-17(2)25-29(39-40-30(25)27(22)33)26(31(43)38-32-36-9-11-44-32)28-24-13-20(34)14-42(24)16-37-28/h4-7,9,11-12,16,20-21,23,26H,3,8,10,13-15H2,1-2H3,(H,39,40)(H,36,38,43)/t20-,21+,23-,26?/m1/s1.